The van der Waals surface area contributed by atoms with Gasteiger partial charge in [0.15, 0.2) is 5.60 Å². The van der Waals surface area contributed by atoms with E-state index < -0.39 is 74.3 Å². The maximum atomic E-state index is 13.1. The van der Waals surface area contributed by atoms with E-state index in [9.17, 15) is 76.0 Å². The zero-order valence-corrected chi connectivity index (χ0v) is 36.5. The maximum absolute atomic E-state index is 13.1. The SMILES string of the molecule is CC(=O)Nc1ccc(O)cc1.CC(=O)Nc1ccc(OC[C@](C)(O)C(=O)Nc2ccc([N+](=O)[O-])c(C(F)(F)F)c2)cc1.C[C@](O)(CBr)C(=O)Nc1ccc([N+](=O)[O-])c(C(F)(F)F)c1.[V]. The summed E-state index contributed by atoms with van der Waals surface area (Å²) >= 11 is 2.88. The number of carbonyl (C=O) groups excluding carboxylic acids is 4. The minimum atomic E-state index is -5.02. The molecule has 64 heavy (non-hydrogen) atoms. The number of anilines is 4. The summed E-state index contributed by atoms with van der Waals surface area (Å²) in [5.41, 5.74) is -8.78. The minimum Gasteiger partial charge on any atom is -0.508 e. The predicted octanol–water partition coefficient (Wildman–Crippen LogP) is 7.39. The molecular weight excluding hydrogens is 977 g/mol. The molecule has 0 heterocycles. The molecule has 26 heteroatoms. The summed E-state index contributed by atoms with van der Waals surface area (Å²) in [4.78, 5) is 64.5. The second kappa shape index (κ2) is 23.4. The van der Waals surface area contributed by atoms with Crippen LogP contribution in [0.2, 0.25) is 0 Å². The molecule has 7 N–H and O–H groups in total. The number of nitrogens with one attached hydrogen (secondary N) is 4. The van der Waals surface area contributed by atoms with E-state index >= 15 is 0 Å². The van der Waals surface area contributed by atoms with Crippen LogP contribution in [0.5, 0.6) is 11.5 Å². The van der Waals surface area contributed by atoms with Crippen LogP contribution >= 0.6 is 15.9 Å². The number of phenols is 1. The number of phenolic OH excluding ortho intramolecular Hbond substituents is 1. The fraction of sp³-hybridized carbons (Fsp3) is 0.263. The summed E-state index contributed by atoms with van der Waals surface area (Å²) in [6, 6.07) is 16.3. The Morgan fingerprint density at radius 3 is 1.30 bits per heavy atom. The molecule has 345 valence electrons. The number of aromatic hydroxyl groups is 1. The fourth-order valence-corrected chi connectivity index (χ4v) is 4.72. The number of hydrogen-bond acceptors (Lipinski definition) is 12. The van der Waals surface area contributed by atoms with Gasteiger partial charge in [-0.25, -0.2) is 0 Å². The molecule has 0 saturated carbocycles. The van der Waals surface area contributed by atoms with Crippen molar-refractivity contribution in [1.82, 2.24) is 0 Å². The summed E-state index contributed by atoms with van der Waals surface area (Å²) in [5, 5.41) is 59.4. The van der Waals surface area contributed by atoms with Crippen LogP contribution in [-0.2, 0) is 50.1 Å². The first kappa shape index (κ1) is 55.7. The average Bonchev–Trinajstić information content (AvgIpc) is 3.17. The Bertz CT molecular complexity index is 2300. The van der Waals surface area contributed by atoms with Crippen molar-refractivity contribution < 1.29 is 94.0 Å². The third-order valence-corrected chi connectivity index (χ3v) is 8.73. The van der Waals surface area contributed by atoms with Crippen LogP contribution in [0.15, 0.2) is 84.9 Å². The van der Waals surface area contributed by atoms with E-state index in [1.807, 2.05) is 0 Å². The summed E-state index contributed by atoms with van der Waals surface area (Å²) in [7, 11) is 0. The molecule has 1 radical (unpaired) electrons. The number of nitro benzene ring substituents is 2. The number of amides is 4. The topological polar surface area (TPSA) is 273 Å². The molecule has 0 fully saturated rings. The molecule has 0 spiro atoms. The van der Waals surface area contributed by atoms with Crippen molar-refractivity contribution in [3.63, 3.8) is 0 Å². The summed E-state index contributed by atoms with van der Waals surface area (Å²) < 4.78 is 82.8. The second-order valence-electron chi connectivity index (χ2n) is 13.3. The molecule has 0 aliphatic carbocycles. The molecule has 0 bridgehead atoms. The zero-order chi connectivity index (χ0) is 48.1. The van der Waals surface area contributed by atoms with Gasteiger partial charge in [-0.15, -0.1) is 0 Å². The Labute approximate surface area is 378 Å². The molecule has 0 saturated heterocycles. The fourth-order valence-electron chi connectivity index (χ4n) is 4.47. The van der Waals surface area contributed by atoms with Gasteiger partial charge in [0.2, 0.25) is 11.8 Å². The summed E-state index contributed by atoms with van der Waals surface area (Å²) in [6.45, 7) is 4.48. The van der Waals surface area contributed by atoms with E-state index in [1.165, 1.54) is 50.2 Å². The van der Waals surface area contributed by atoms with Crippen LogP contribution < -0.4 is 26.0 Å². The van der Waals surface area contributed by atoms with Crippen molar-refractivity contribution in [2.75, 3.05) is 33.2 Å². The van der Waals surface area contributed by atoms with Gasteiger partial charge in [0.1, 0.15) is 34.8 Å². The number of hydrogen-bond donors (Lipinski definition) is 7. The zero-order valence-electron chi connectivity index (χ0n) is 33.5. The smallest absolute Gasteiger partial charge is 0.423 e. The van der Waals surface area contributed by atoms with Gasteiger partial charge in [0, 0.05) is 72.6 Å². The number of halogens is 7. The molecule has 18 nitrogen and oxygen atoms in total. The largest absolute Gasteiger partial charge is 0.508 e. The Hall–Kier alpha value is -6.28. The summed E-state index contributed by atoms with van der Waals surface area (Å²) in [5.74, 6) is -1.95. The maximum Gasteiger partial charge on any atom is 0.423 e. The van der Waals surface area contributed by atoms with E-state index in [1.54, 1.807) is 12.1 Å². The van der Waals surface area contributed by atoms with Crippen molar-refractivity contribution in [3.8, 4) is 11.5 Å². The molecule has 0 aliphatic heterocycles. The molecular formula is C38H37BrF6N6O12V. The molecule has 0 aromatic heterocycles. The Kier molecular flexibility index (Phi) is 20.4. The molecule has 2 atom stereocenters. The van der Waals surface area contributed by atoms with Gasteiger partial charge in [-0.05, 0) is 86.6 Å². The van der Waals surface area contributed by atoms with Gasteiger partial charge >= 0.3 is 12.4 Å². The Balaban J connectivity index is 0.000000533. The van der Waals surface area contributed by atoms with E-state index in [2.05, 4.69) is 37.2 Å². The van der Waals surface area contributed by atoms with Crippen LogP contribution in [-0.4, -0.2) is 71.9 Å². The number of alkyl halides is 7. The standard InChI is InChI=1S/C19H18F3N3O6.C11H10BrF3N2O4.C8H9NO2.V/c1-11(26)23-12-3-6-14(7-4-12)31-10-18(2,28)17(27)24-13-5-8-16(25(29)30)15(9-13)19(20,21)22;1-10(19,5-12)9(18)16-6-2-3-8(17(20)21)7(4-6)11(13,14)15;1-6(10)9-7-2-4-8(11)5-3-7;/h3-9,28H,10H2,1-2H3,(H,23,26)(H,24,27);2-4,19H,5H2,1H3,(H,16,18);2-5,11H,1H3,(H,9,10);/t18-;10-;;/m00../s1. The molecule has 4 rings (SSSR count). The van der Waals surface area contributed by atoms with Crippen molar-refractivity contribution in [1.29, 1.82) is 0 Å². The van der Waals surface area contributed by atoms with Gasteiger partial charge in [0.25, 0.3) is 23.2 Å². The van der Waals surface area contributed by atoms with Crippen molar-refractivity contribution in [2.45, 2.75) is 51.2 Å². The first-order chi connectivity index (χ1) is 29.0. The number of benzene rings is 4. The molecule has 4 aromatic rings. The number of nitro groups is 2. The first-order valence-electron chi connectivity index (χ1n) is 17.4. The van der Waals surface area contributed by atoms with E-state index in [0.717, 1.165) is 26.0 Å². The van der Waals surface area contributed by atoms with E-state index in [0.29, 0.717) is 35.6 Å². The Morgan fingerprint density at radius 1 is 0.625 bits per heavy atom. The third kappa shape index (κ3) is 17.8. The molecule has 0 unspecified atom stereocenters. The monoisotopic (exact) mass is 1010 g/mol. The number of rotatable bonds is 12. The van der Waals surface area contributed by atoms with Crippen LogP contribution in [0.25, 0.3) is 0 Å². The number of carbonyl (C=O) groups is 4. The van der Waals surface area contributed by atoms with Crippen molar-refractivity contribution in [3.05, 3.63) is 116 Å². The van der Waals surface area contributed by atoms with Crippen LogP contribution in [0.3, 0.4) is 0 Å². The molecule has 4 aromatic carbocycles. The van der Waals surface area contributed by atoms with Gasteiger partial charge in [-0.1, -0.05) is 15.9 Å². The van der Waals surface area contributed by atoms with Crippen LogP contribution in [0.1, 0.15) is 38.8 Å². The predicted molar refractivity (Wildman–Crippen MR) is 217 cm³/mol. The quantitative estimate of drug-likeness (QED) is 0.0241. The number of aliphatic hydroxyl groups is 2. The molecule has 4 amide bonds. The van der Waals surface area contributed by atoms with Crippen molar-refractivity contribution >= 4 is 73.7 Å². The van der Waals surface area contributed by atoms with Crippen LogP contribution in [0, 0.1) is 20.2 Å². The number of nitrogens with zero attached hydrogens (tertiary/aromatic N) is 2. The van der Waals surface area contributed by atoms with Crippen LogP contribution in [0.4, 0.5) is 60.5 Å². The molecule has 0 aliphatic rings. The normalized spacial score (nSPS) is 12.6. The number of ether oxygens (including phenoxy) is 1. The summed E-state index contributed by atoms with van der Waals surface area (Å²) in [6.07, 6.45) is -9.96. The average molecular weight is 1010 g/mol. The first-order valence-corrected chi connectivity index (χ1v) is 18.5. The minimum absolute atomic E-state index is 0. The van der Waals surface area contributed by atoms with E-state index in [-0.39, 0.29) is 58.6 Å². The Morgan fingerprint density at radius 2 is 0.969 bits per heavy atom. The van der Waals surface area contributed by atoms with Gasteiger partial charge < -0.3 is 41.3 Å². The van der Waals surface area contributed by atoms with E-state index in [4.69, 9.17) is 9.84 Å². The van der Waals surface area contributed by atoms with Gasteiger partial charge in [0.05, 0.1) is 9.85 Å². The second-order valence-corrected chi connectivity index (χ2v) is 13.8. The van der Waals surface area contributed by atoms with Gasteiger partial charge in [-0.2, -0.15) is 26.3 Å². The van der Waals surface area contributed by atoms with Crippen molar-refractivity contribution in [2.24, 2.45) is 0 Å². The van der Waals surface area contributed by atoms with Gasteiger partial charge in [-0.3, -0.25) is 39.4 Å². The third-order valence-electron chi connectivity index (χ3n) is 7.63.